The van der Waals surface area contributed by atoms with Crippen LogP contribution < -0.4 is 10.1 Å². The predicted molar refractivity (Wildman–Crippen MR) is 113 cm³/mol. The lowest BCUT2D eigenvalue weighted by Gasteiger charge is -2.15. The van der Waals surface area contributed by atoms with Crippen LogP contribution in [0.25, 0.3) is 5.70 Å². The third-order valence-electron chi connectivity index (χ3n) is 4.20. The van der Waals surface area contributed by atoms with E-state index in [2.05, 4.69) is 49.6 Å². The zero-order valence-corrected chi connectivity index (χ0v) is 16.9. The normalized spacial score (nSPS) is 11.8. The minimum Gasteiger partial charge on any atom is -0.487 e. The fourth-order valence-electron chi connectivity index (χ4n) is 2.55. The maximum Gasteiger partial charge on any atom is 0.177 e. The van der Waals surface area contributed by atoms with Gasteiger partial charge in [-0.3, -0.25) is 4.79 Å². The highest BCUT2D eigenvalue weighted by Crippen LogP contribution is 2.24. The number of nitrogens with zero attached hydrogens (tertiary/aromatic N) is 3. The summed E-state index contributed by atoms with van der Waals surface area (Å²) in [7, 11) is 2.81. The summed E-state index contributed by atoms with van der Waals surface area (Å²) in [6.07, 6.45) is 1.65. The highest BCUT2D eigenvalue weighted by atomic mass is 31.0. The van der Waals surface area contributed by atoms with Crippen LogP contribution in [0.2, 0.25) is 0 Å². The van der Waals surface area contributed by atoms with Crippen LogP contribution in [-0.4, -0.2) is 20.8 Å². The molecule has 28 heavy (non-hydrogen) atoms. The number of hydrogen-bond acceptors (Lipinski definition) is 5. The zero-order valence-electron chi connectivity index (χ0n) is 15.7. The molecule has 144 valence electrons. The van der Waals surface area contributed by atoms with Crippen molar-refractivity contribution in [2.75, 3.05) is 0 Å². The number of nitrogens with one attached hydrogen (secondary N) is 1. The first-order valence-electron chi connectivity index (χ1n) is 8.90. The number of carbonyl (C=O) groups excluding carboxylic acids is 1. The molecule has 0 radical (unpaired) electrons. The lowest BCUT2D eigenvalue weighted by atomic mass is 10.2. The number of ketones is 1. The van der Waals surface area contributed by atoms with Gasteiger partial charge in [0.25, 0.3) is 0 Å². The van der Waals surface area contributed by atoms with Gasteiger partial charge in [0.1, 0.15) is 23.7 Å². The van der Waals surface area contributed by atoms with E-state index in [4.69, 9.17) is 4.74 Å². The molecular weight excluding hydrogens is 371 g/mol. The summed E-state index contributed by atoms with van der Waals surface area (Å²) >= 11 is 0. The van der Waals surface area contributed by atoms with Crippen molar-refractivity contribution in [3.63, 3.8) is 0 Å². The Labute approximate surface area is 166 Å². The van der Waals surface area contributed by atoms with Crippen LogP contribution in [0.3, 0.4) is 0 Å². The monoisotopic (exact) mass is 394 g/mol. The highest BCUT2D eigenvalue weighted by molar-refractivity contribution is 7.17. The molecule has 2 unspecified atom stereocenters. The molecule has 1 aromatic heterocycles. The van der Waals surface area contributed by atoms with E-state index in [1.807, 2.05) is 36.4 Å². The number of aromatic nitrogens is 3. The minimum atomic E-state index is -0.153. The molecule has 6 nitrogen and oxygen atoms in total. The molecule has 0 saturated heterocycles. The Morgan fingerprint density at radius 1 is 1.25 bits per heavy atom. The molecule has 0 aliphatic heterocycles. The SMILES string of the molecule is C=C(C(C)=O)n1cc(COc2cccc(C(P)NCc3ccccc3)c2)nn1. The molecular formula is C21H23N4O2P. The number of rotatable bonds is 9. The van der Waals surface area contributed by atoms with E-state index in [1.54, 1.807) is 6.20 Å². The maximum absolute atomic E-state index is 11.4. The van der Waals surface area contributed by atoms with E-state index in [0.717, 1.165) is 17.9 Å². The van der Waals surface area contributed by atoms with Gasteiger partial charge in [0.15, 0.2) is 5.78 Å². The van der Waals surface area contributed by atoms with Crippen molar-refractivity contribution in [1.29, 1.82) is 0 Å². The first kappa shape index (κ1) is 19.9. The maximum atomic E-state index is 11.4. The summed E-state index contributed by atoms with van der Waals surface area (Å²) in [6, 6.07) is 18.2. The predicted octanol–water partition coefficient (Wildman–Crippen LogP) is 3.58. The molecule has 3 rings (SSSR count). The lowest BCUT2D eigenvalue weighted by molar-refractivity contribution is -0.112. The second kappa shape index (κ2) is 9.40. The van der Waals surface area contributed by atoms with Crippen molar-refractivity contribution in [2.45, 2.75) is 25.9 Å². The lowest BCUT2D eigenvalue weighted by Crippen LogP contribution is -2.15. The fraction of sp³-hybridized carbons (Fsp3) is 0.190. The molecule has 0 aliphatic rings. The first-order valence-corrected chi connectivity index (χ1v) is 9.56. The van der Waals surface area contributed by atoms with Crippen molar-refractivity contribution < 1.29 is 9.53 Å². The molecule has 1 heterocycles. The van der Waals surface area contributed by atoms with E-state index < -0.39 is 0 Å². The van der Waals surface area contributed by atoms with Gasteiger partial charge in [-0.25, -0.2) is 4.68 Å². The Balaban J connectivity index is 1.57. The smallest absolute Gasteiger partial charge is 0.177 e. The van der Waals surface area contributed by atoms with Crippen LogP contribution in [0.5, 0.6) is 5.75 Å². The van der Waals surface area contributed by atoms with E-state index in [-0.39, 0.29) is 23.9 Å². The van der Waals surface area contributed by atoms with Gasteiger partial charge in [-0.05, 0) is 23.3 Å². The van der Waals surface area contributed by atoms with E-state index in [0.29, 0.717) is 5.69 Å². The standard InChI is InChI=1S/C21H23N4O2P/c1-15(16(2)26)25-13-19(23-24-25)14-27-20-10-6-9-18(11-20)21(28)22-12-17-7-4-3-5-8-17/h3-11,13,21-22H,1,12,14,28H2,2H3. The van der Waals surface area contributed by atoms with Crippen molar-refractivity contribution in [3.8, 4) is 5.75 Å². The molecule has 0 amide bonds. The van der Waals surface area contributed by atoms with Crippen molar-refractivity contribution in [2.24, 2.45) is 0 Å². The number of Topliss-reactive ketones (excluding diaryl/α,β-unsaturated/α-hetero) is 1. The quantitative estimate of drug-likeness (QED) is 0.444. The Morgan fingerprint density at radius 2 is 2.04 bits per heavy atom. The topological polar surface area (TPSA) is 69.0 Å². The second-order valence-electron chi connectivity index (χ2n) is 6.36. The van der Waals surface area contributed by atoms with Gasteiger partial charge in [-0.15, -0.1) is 14.3 Å². The Bertz CT molecular complexity index is 956. The van der Waals surface area contributed by atoms with Gasteiger partial charge >= 0.3 is 0 Å². The summed E-state index contributed by atoms with van der Waals surface area (Å²) < 4.78 is 7.20. The van der Waals surface area contributed by atoms with Gasteiger partial charge in [-0.2, -0.15) is 0 Å². The van der Waals surface area contributed by atoms with Gasteiger partial charge < -0.3 is 10.1 Å². The Hall–Kier alpha value is -2.82. The number of hydrogen-bond donors (Lipinski definition) is 1. The summed E-state index contributed by atoms with van der Waals surface area (Å²) in [5, 5.41) is 11.4. The number of benzene rings is 2. The zero-order chi connectivity index (χ0) is 19.9. The summed E-state index contributed by atoms with van der Waals surface area (Å²) in [6.45, 7) is 6.17. The average molecular weight is 394 g/mol. The number of carbonyl (C=O) groups is 1. The number of ether oxygens (including phenoxy) is 1. The van der Waals surface area contributed by atoms with Crippen LogP contribution >= 0.6 is 9.24 Å². The molecule has 0 fully saturated rings. The molecule has 0 bridgehead atoms. The summed E-state index contributed by atoms with van der Waals surface area (Å²) in [5.41, 5.74) is 3.23. The van der Waals surface area contributed by atoms with E-state index >= 15 is 0 Å². The first-order chi connectivity index (χ1) is 13.5. The fourth-order valence-corrected chi connectivity index (χ4v) is 2.88. The van der Waals surface area contributed by atoms with Crippen LogP contribution in [0, 0.1) is 0 Å². The van der Waals surface area contributed by atoms with Gasteiger partial charge in [0.05, 0.1) is 6.20 Å². The largest absolute Gasteiger partial charge is 0.487 e. The number of allylic oxidation sites excluding steroid dienone is 1. The summed E-state index contributed by atoms with van der Waals surface area (Å²) in [5.74, 6) is 0.689. The third-order valence-corrected chi connectivity index (χ3v) is 4.82. The molecule has 3 aromatic rings. The molecule has 0 saturated carbocycles. The molecule has 1 N–H and O–H groups in total. The van der Waals surface area contributed by atoms with Crippen molar-refractivity contribution >= 4 is 20.7 Å². The van der Waals surface area contributed by atoms with E-state index in [9.17, 15) is 4.79 Å². The molecule has 0 aliphatic carbocycles. The van der Waals surface area contributed by atoms with E-state index in [1.165, 1.54) is 17.2 Å². The molecule has 7 heteroatoms. The van der Waals surface area contributed by atoms with Gasteiger partial charge in [-0.1, -0.05) is 54.3 Å². The Kier molecular flexibility index (Phi) is 6.69. The molecule has 2 atom stereocenters. The van der Waals surface area contributed by atoms with Gasteiger partial charge in [0, 0.05) is 19.3 Å². The minimum absolute atomic E-state index is 0.100. The molecule has 0 spiro atoms. The molecule has 2 aromatic carbocycles. The summed E-state index contributed by atoms with van der Waals surface area (Å²) in [4.78, 5) is 11.4. The van der Waals surface area contributed by atoms with Crippen LogP contribution in [0.4, 0.5) is 0 Å². The average Bonchev–Trinajstić information content (AvgIpc) is 3.19. The van der Waals surface area contributed by atoms with Crippen LogP contribution in [-0.2, 0) is 17.9 Å². The van der Waals surface area contributed by atoms with Crippen LogP contribution in [0.15, 0.2) is 67.4 Å². The van der Waals surface area contributed by atoms with Crippen molar-refractivity contribution in [1.82, 2.24) is 20.3 Å². The second-order valence-corrected chi connectivity index (χ2v) is 7.03. The Morgan fingerprint density at radius 3 is 2.79 bits per heavy atom. The van der Waals surface area contributed by atoms with Crippen molar-refractivity contribution in [3.05, 3.63) is 84.2 Å². The van der Waals surface area contributed by atoms with Crippen LogP contribution in [0.1, 0.15) is 29.5 Å². The third kappa shape index (κ3) is 5.35. The highest BCUT2D eigenvalue weighted by Gasteiger charge is 2.09. The van der Waals surface area contributed by atoms with Gasteiger partial charge in [0.2, 0.25) is 0 Å².